The quantitative estimate of drug-likeness (QED) is 0.766. The molecule has 0 bridgehead atoms. The molecule has 0 saturated carbocycles. The zero-order chi connectivity index (χ0) is 17.1. The molecule has 2 aromatic rings. The highest BCUT2D eigenvalue weighted by atomic mass is 79.9. The van der Waals surface area contributed by atoms with Gasteiger partial charge in [-0.25, -0.2) is 0 Å². The second-order valence-corrected chi connectivity index (χ2v) is 6.92. The largest absolute Gasteiger partial charge is 0.497 e. The highest BCUT2D eigenvalue weighted by molar-refractivity contribution is 9.10. The predicted octanol–water partition coefficient (Wildman–Crippen LogP) is 4.07. The number of anilines is 1. The summed E-state index contributed by atoms with van der Waals surface area (Å²) in [7, 11) is 1.66. The molecule has 1 heterocycles. The van der Waals surface area contributed by atoms with Crippen LogP contribution in [0.2, 0.25) is 5.02 Å². The van der Waals surface area contributed by atoms with Crippen molar-refractivity contribution < 1.29 is 9.53 Å². The average Bonchev–Trinajstić information content (AvgIpc) is 2.61. The fourth-order valence-electron chi connectivity index (χ4n) is 2.79. The number of benzene rings is 2. The summed E-state index contributed by atoms with van der Waals surface area (Å²) < 4.78 is 6.06. The Labute approximate surface area is 155 Å². The number of carbonyl (C=O) groups is 1. The van der Waals surface area contributed by atoms with Crippen molar-refractivity contribution in [2.24, 2.45) is 0 Å². The van der Waals surface area contributed by atoms with E-state index >= 15 is 0 Å². The van der Waals surface area contributed by atoms with Crippen molar-refractivity contribution in [2.45, 2.75) is 0 Å². The molecule has 0 aromatic heterocycles. The predicted molar refractivity (Wildman–Crippen MR) is 100 cm³/mol. The molecule has 1 amide bonds. The number of rotatable bonds is 3. The Kier molecular flexibility index (Phi) is 5.31. The van der Waals surface area contributed by atoms with Crippen LogP contribution < -0.4 is 9.64 Å². The minimum atomic E-state index is -0.0121. The Morgan fingerprint density at radius 3 is 2.33 bits per heavy atom. The molecule has 0 N–H and O–H groups in total. The highest BCUT2D eigenvalue weighted by Gasteiger charge is 2.23. The molecule has 0 atom stereocenters. The molecule has 1 aliphatic heterocycles. The molecule has 0 radical (unpaired) electrons. The minimum Gasteiger partial charge on any atom is -0.497 e. The normalized spacial score (nSPS) is 14.6. The van der Waals surface area contributed by atoms with Crippen LogP contribution in [0.15, 0.2) is 46.9 Å². The standard InChI is InChI=1S/C18H18BrClN2O2/c1-24-15-5-3-14(4-6-15)21-8-10-22(11-9-21)18(23)16-7-2-13(19)12-17(16)20/h2-7,12H,8-11H2,1H3. The zero-order valence-corrected chi connectivity index (χ0v) is 15.7. The number of amides is 1. The van der Waals surface area contributed by atoms with Crippen LogP contribution in [-0.4, -0.2) is 44.1 Å². The lowest BCUT2D eigenvalue weighted by Crippen LogP contribution is -2.48. The van der Waals surface area contributed by atoms with E-state index < -0.39 is 0 Å². The van der Waals surface area contributed by atoms with Crippen molar-refractivity contribution in [1.29, 1.82) is 0 Å². The van der Waals surface area contributed by atoms with Crippen LogP contribution in [0.25, 0.3) is 0 Å². The Bertz CT molecular complexity index is 728. The third-order valence-corrected chi connectivity index (χ3v) is 4.97. The van der Waals surface area contributed by atoms with Crippen LogP contribution >= 0.6 is 27.5 Å². The lowest BCUT2D eigenvalue weighted by atomic mass is 10.1. The van der Waals surface area contributed by atoms with Gasteiger partial charge in [0.1, 0.15) is 5.75 Å². The third-order valence-electron chi connectivity index (χ3n) is 4.17. The van der Waals surface area contributed by atoms with Gasteiger partial charge < -0.3 is 14.5 Å². The van der Waals surface area contributed by atoms with Gasteiger partial charge in [0.05, 0.1) is 17.7 Å². The first-order valence-electron chi connectivity index (χ1n) is 7.72. The average molecular weight is 410 g/mol. The van der Waals surface area contributed by atoms with Crippen LogP contribution in [-0.2, 0) is 0 Å². The van der Waals surface area contributed by atoms with Crippen molar-refractivity contribution in [3.05, 3.63) is 57.5 Å². The number of methoxy groups -OCH3 is 1. The Balaban J connectivity index is 1.64. The Morgan fingerprint density at radius 1 is 1.08 bits per heavy atom. The first-order valence-corrected chi connectivity index (χ1v) is 8.89. The summed E-state index contributed by atoms with van der Waals surface area (Å²) in [6.07, 6.45) is 0. The van der Waals surface area contributed by atoms with Crippen LogP contribution in [0.5, 0.6) is 5.75 Å². The number of ether oxygens (including phenoxy) is 1. The SMILES string of the molecule is COc1ccc(N2CCN(C(=O)c3ccc(Br)cc3Cl)CC2)cc1. The molecular formula is C18H18BrClN2O2. The fourth-order valence-corrected chi connectivity index (χ4v) is 3.55. The van der Waals surface area contributed by atoms with E-state index in [2.05, 4.69) is 20.8 Å². The summed E-state index contributed by atoms with van der Waals surface area (Å²) in [5, 5.41) is 0.479. The summed E-state index contributed by atoms with van der Waals surface area (Å²) in [5.41, 5.74) is 1.70. The number of piperazine rings is 1. The van der Waals surface area contributed by atoms with E-state index in [4.69, 9.17) is 16.3 Å². The van der Waals surface area contributed by atoms with Gasteiger partial charge in [0.2, 0.25) is 0 Å². The minimum absolute atomic E-state index is 0.0121. The summed E-state index contributed by atoms with van der Waals surface area (Å²) in [4.78, 5) is 16.8. The van der Waals surface area contributed by atoms with E-state index in [-0.39, 0.29) is 5.91 Å². The molecule has 0 spiro atoms. The van der Waals surface area contributed by atoms with E-state index in [0.717, 1.165) is 29.0 Å². The van der Waals surface area contributed by atoms with Crippen molar-refractivity contribution in [1.82, 2.24) is 4.90 Å². The van der Waals surface area contributed by atoms with Gasteiger partial charge in [0.25, 0.3) is 5.91 Å². The molecule has 1 aliphatic rings. The van der Waals surface area contributed by atoms with Gasteiger partial charge in [-0.15, -0.1) is 0 Å². The van der Waals surface area contributed by atoms with E-state index in [9.17, 15) is 4.79 Å². The lowest BCUT2D eigenvalue weighted by Gasteiger charge is -2.36. The van der Waals surface area contributed by atoms with Gasteiger partial charge in [-0.2, -0.15) is 0 Å². The summed E-state index contributed by atoms with van der Waals surface area (Å²) >= 11 is 9.56. The van der Waals surface area contributed by atoms with Crippen molar-refractivity contribution in [3.8, 4) is 5.75 Å². The van der Waals surface area contributed by atoms with Gasteiger partial charge in [-0.1, -0.05) is 27.5 Å². The van der Waals surface area contributed by atoms with Crippen molar-refractivity contribution in [2.75, 3.05) is 38.2 Å². The van der Waals surface area contributed by atoms with Crippen molar-refractivity contribution in [3.63, 3.8) is 0 Å². The molecule has 3 rings (SSSR count). The maximum atomic E-state index is 12.6. The summed E-state index contributed by atoms with van der Waals surface area (Å²) in [5.74, 6) is 0.833. The Hall–Kier alpha value is -1.72. The van der Waals surface area contributed by atoms with Crippen molar-refractivity contribution >= 4 is 39.1 Å². The lowest BCUT2D eigenvalue weighted by molar-refractivity contribution is 0.0747. The van der Waals surface area contributed by atoms with E-state index in [1.165, 1.54) is 0 Å². The molecule has 24 heavy (non-hydrogen) atoms. The molecule has 4 nitrogen and oxygen atoms in total. The van der Waals surface area contributed by atoms with E-state index in [1.54, 1.807) is 19.2 Å². The maximum Gasteiger partial charge on any atom is 0.255 e. The van der Waals surface area contributed by atoms with Crippen LogP contribution in [0.3, 0.4) is 0 Å². The van der Waals surface area contributed by atoms with E-state index in [1.807, 2.05) is 35.2 Å². The number of carbonyl (C=O) groups excluding carboxylic acids is 1. The monoisotopic (exact) mass is 408 g/mol. The molecule has 126 valence electrons. The highest BCUT2D eigenvalue weighted by Crippen LogP contribution is 2.24. The van der Waals surface area contributed by atoms with Crippen LogP contribution in [0.1, 0.15) is 10.4 Å². The molecule has 6 heteroatoms. The second kappa shape index (κ2) is 7.45. The fraction of sp³-hybridized carbons (Fsp3) is 0.278. The van der Waals surface area contributed by atoms with E-state index in [0.29, 0.717) is 23.7 Å². The van der Waals surface area contributed by atoms with Crippen LogP contribution in [0.4, 0.5) is 5.69 Å². The number of halogens is 2. The number of hydrogen-bond acceptors (Lipinski definition) is 3. The second-order valence-electron chi connectivity index (χ2n) is 5.60. The molecule has 1 fully saturated rings. The first kappa shape index (κ1) is 17.1. The summed E-state index contributed by atoms with van der Waals surface area (Å²) in [6.45, 7) is 2.95. The van der Waals surface area contributed by atoms with Gasteiger partial charge in [0, 0.05) is 36.3 Å². The first-order chi connectivity index (χ1) is 11.6. The molecular weight excluding hydrogens is 392 g/mol. The van der Waals surface area contributed by atoms with Crippen LogP contribution in [0, 0.1) is 0 Å². The Morgan fingerprint density at radius 2 is 1.75 bits per heavy atom. The van der Waals surface area contributed by atoms with Gasteiger partial charge in [-0.3, -0.25) is 4.79 Å². The smallest absolute Gasteiger partial charge is 0.255 e. The topological polar surface area (TPSA) is 32.8 Å². The number of hydrogen-bond donors (Lipinski definition) is 0. The third kappa shape index (κ3) is 3.68. The summed E-state index contributed by atoms with van der Waals surface area (Å²) in [6, 6.07) is 13.4. The van der Waals surface area contributed by atoms with Gasteiger partial charge in [0.15, 0.2) is 0 Å². The van der Waals surface area contributed by atoms with Gasteiger partial charge >= 0.3 is 0 Å². The zero-order valence-electron chi connectivity index (χ0n) is 13.3. The van der Waals surface area contributed by atoms with Gasteiger partial charge in [-0.05, 0) is 42.5 Å². The molecule has 0 unspecified atom stereocenters. The molecule has 0 aliphatic carbocycles. The number of nitrogens with zero attached hydrogens (tertiary/aromatic N) is 2. The maximum absolute atomic E-state index is 12.6. The molecule has 1 saturated heterocycles. The molecule has 2 aromatic carbocycles.